The lowest BCUT2D eigenvalue weighted by atomic mass is 9.74. The smallest absolute Gasteiger partial charge is 0.155 e. The Morgan fingerprint density at radius 2 is 2.13 bits per heavy atom. The van der Waals surface area contributed by atoms with Crippen molar-refractivity contribution in [1.82, 2.24) is 0 Å². The minimum Gasteiger partial charge on any atom is -0.295 e. The van der Waals surface area contributed by atoms with Crippen molar-refractivity contribution in [2.24, 2.45) is 11.8 Å². The highest BCUT2D eigenvalue weighted by Crippen LogP contribution is 2.37. The third-order valence-electron chi connectivity index (χ3n) is 4.12. The molecule has 0 radical (unpaired) electrons. The summed E-state index contributed by atoms with van der Waals surface area (Å²) >= 11 is 0. The SMILES string of the molecule is CCC1CCCC(C2=CC(=O)CCC2)C1. The predicted molar refractivity (Wildman–Crippen MR) is 62.7 cm³/mol. The summed E-state index contributed by atoms with van der Waals surface area (Å²) in [5.41, 5.74) is 1.48. The van der Waals surface area contributed by atoms with E-state index in [1.165, 1.54) is 44.1 Å². The van der Waals surface area contributed by atoms with Gasteiger partial charge in [0, 0.05) is 6.42 Å². The molecule has 0 aromatic carbocycles. The van der Waals surface area contributed by atoms with Gasteiger partial charge in [0.2, 0.25) is 0 Å². The van der Waals surface area contributed by atoms with Gasteiger partial charge in [-0.15, -0.1) is 0 Å². The number of hydrogen-bond donors (Lipinski definition) is 0. The summed E-state index contributed by atoms with van der Waals surface area (Å²) in [4.78, 5) is 11.4. The highest BCUT2D eigenvalue weighted by Gasteiger charge is 2.25. The molecule has 84 valence electrons. The standard InChI is InChI=1S/C14H22O/c1-2-11-5-3-6-12(9-11)13-7-4-8-14(15)10-13/h10-12H,2-9H2,1H3. The summed E-state index contributed by atoms with van der Waals surface area (Å²) in [7, 11) is 0. The Bertz CT molecular complexity index is 265. The first kappa shape index (κ1) is 10.9. The number of rotatable bonds is 2. The van der Waals surface area contributed by atoms with Crippen LogP contribution in [0.4, 0.5) is 0 Å². The van der Waals surface area contributed by atoms with E-state index in [1.807, 2.05) is 6.08 Å². The Hall–Kier alpha value is -0.590. The molecule has 0 aromatic rings. The van der Waals surface area contributed by atoms with Crippen LogP contribution in [-0.4, -0.2) is 5.78 Å². The first-order valence-corrected chi connectivity index (χ1v) is 6.53. The Morgan fingerprint density at radius 1 is 1.27 bits per heavy atom. The fourth-order valence-corrected chi connectivity index (χ4v) is 3.14. The first-order chi connectivity index (χ1) is 7.29. The van der Waals surface area contributed by atoms with Crippen LogP contribution in [0, 0.1) is 11.8 Å². The highest BCUT2D eigenvalue weighted by molar-refractivity contribution is 5.91. The summed E-state index contributed by atoms with van der Waals surface area (Å²) in [6.07, 6.45) is 11.8. The number of hydrogen-bond acceptors (Lipinski definition) is 1. The molecule has 2 atom stereocenters. The van der Waals surface area contributed by atoms with E-state index in [-0.39, 0.29) is 0 Å². The van der Waals surface area contributed by atoms with Crippen LogP contribution >= 0.6 is 0 Å². The lowest BCUT2D eigenvalue weighted by molar-refractivity contribution is -0.115. The van der Waals surface area contributed by atoms with Crippen LogP contribution in [0.2, 0.25) is 0 Å². The van der Waals surface area contributed by atoms with Crippen molar-refractivity contribution in [2.45, 2.75) is 58.3 Å². The van der Waals surface area contributed by atoms with Gasteiger partial charge in [0.1, 0.15) is 0 Å². The van der Waals surface area contributed by atoms with E-state index in [9.17, 15) is 4.79 Å². The van der Waals surface area contributed by atoms with Crippen molar-refractivity contribution in [3.8, 4) is 0 Å². The summed E-state index contributed by atoms with van der Waals surface area (Å²) in [5, 5.41) is 0. The molecular weight excluding hydrogens is 184 g/mol. The maximum Gasteiger partial charge on any atom is 0.155 e. The summed E-state index contributed by atoms with van der Waals surface area (Å²) in [6, 6.07) is 0. The van der Waals surface area contributed by atoms with Crippen LogP contribution < -0.4 is 0 Å². The van der Waals surface area contributed by atoms with Crippen molar-refractivity contribution in [1.29, 1.82) is 0 Å². The zero-order valence-electron chi connectivity index (χ0n) is 9.80. The lowest BCUT2D eigenvalue weighted by Crippen LogP contribution is -2.19. The van der Waals surface area contributed by atoms with Crippen molar-refractivity contribution in [3.05, 3.63) is 11.6 Å². The summed E-state index contributed by atoms with van der Waals surface area (Å²) in [5.74, 6) is 2.03. The second kappa shape index (κ2) is 4.96. The van der Waals surface area contributed by atoms with Crippen LogP contribution in [0.15, 0.2) is 11.6 Å². The monoisotopic (exact) mass is 206 g/mol. The predicted octanol–water partition coefficient (Wildman–Crippen LogP) is 3.88. The minimum atomic E-state index is 0.370. The molecule has 1 nitrogen and oxygen atoms in total. The molecule has 2 unspecified atom stereocenters. The Labute approximate surface area is 92.9 Å². The Kier molecular flexibility index (Phi) is 3.61. The minimum absolute atomic E-state index is 0.370. The molecule has 0 aromatic heterocycles. The fourth-order valence-electron chi connectivity index (χ4n) is 3.14. The molecule has 0 saturated heterocycles. The molecule has 15 heavy (non-hydrogen) atoms. The molecule has 2 aliphatic rings. The molecule has 2 aliphatic carbocycles. The maximum absolute atomic E-state index is 11.4. The van der Waals surface area contributed by atoms with Crippen LogP contribution in [0.25, 0.3) is 0 Å². The maximum atomic E-state index is 11.4. The van der Waals surface area contributed by atoms with Gasteiger partial charge in [-0.25, -0.2) is 0 Å². The fraction of sp³-hybridized carbons (Fsp3) is 0.786. The average molecular weight is 206 g/mol. The molecule has 0 spiro atoms. The Balaban J connectivity index is 2.00. The third kappa shape index (κ3) is 2.70. The van der Waals surface area contributed by atoms with E-state index in [0.717, 1.165) is 24.7 Å². The molecular formula is C14H22O. The largest absolute Gasteiger partial charge is 0.295 e. The van der Waals surface area contributed by atoms with Crippen LogP contribution in [-0.2, 0) is 4.79 Å². The molecule has 0 heterocycles. The van der Waals surface area contributed by atoms with Gasteiger partial charge in [0.25, 0.3) is 0 Å². The van der Waals surface area contributed by atoms with Gasteiger partial charge in [-0.1, -0.05) is 31.8 Å². The molecule has 0 bridgehead atoms. The average Bonchev–Trinajstić information content (AvgIpc) is 2.29. The molecule has 1 saturated carbocycles. The zero-order valence-corrected chi connectivity index (χ0v) is 9.80. The second-order valence-electron chi connectivity index (χ2n) is 5.18. The number of ketones is 1. The molecule has 2 rings (SSSR count). The van der Waals surface area contributed by atoms with Gasteiger partial charge >= 0.3 is 0 Å². The van der Waals surface area contributed by atoms with Crippen molar-refractivity contribution < 1.29 is 4.79 Å². The number of allylic oxidation sites excluding steroid dienone is 2. The topological polar surface area (TPSA) is 17.1 Å². The quantitative estimate of drug-likeness (QED) is 0.670. The molecule has 1 fully saturated rings. The molecule has 0 N–H and O–H groups in total. The number of carbonyl (C=O) groups is 1. The van der Waals surface area contributed by atoms with E-state index < -0.39 is 0 Å². The third-order valence-corrected chi connectivity index (χ3v) is 4.12. The zero-order chi connectivity index (χ0) is 10.7. The van der Waals surface area contributed by atoms with E-state index in [0.29, 0.717) is 5.78 Å². The van der Waals surface area contributed by atoms with Crippen molar-refractivity contribution in [2.75, 3.05) is 0 Å². The van der Waals surface area contributed by atoms with Crippen molar-refractivity contribution in [3.63, 3.8) is 0 Å². The van der Waals surface area contributed by atoms with Gasteiger partial charge in [0.15, 0.2) is 5.78 Å². The van der Waals surface area contributed by atoms with Gasteiger partial charge in [-0.3, -0.25) is 4.79 Å². The van der Waals surface area contributed by atoms with Crippen LogP contribution in [0.5, 0.6) is 0 Å². The van der Waals surface area contributed by atoms with E-state index in [4.69, 9.17) is 0 Å². The summed E-state index contributed by atoms with van der Waals surface area (Å²) in [6.45, 7) is 2.30. The van der Waals surface area contributed by atoms with E-state index in [1.54, 1.807) is 0 Å². The first-order valence-electron chi connectivity index (χ1n) is 6.53. The normalized spacial score (nSPS) is 32.6. The molecule has 0 aliphatic heterocycles. The lowest BCUT2D eigenvalue weighted by Gasteiger charge is -2.31. The van der Waals surface area contributed by atoms with E-state index in [2.05, 4.69) is 6.92 Å². The highest BCUT2D eigenvalue weighted by atomic mass is 16.1. The van der Waals surface area contributed by atoms with Gasteiger partial charge in [-0.2, -0.15) is 0 Å². The van der Waals surface area contributed by atoms with Crippen LogP contribution in [0.1, 0.15) is 58.3 Å². The number of carbonyl (C=O) groups excluding carboxylic acids is 1. The van der Waals surface area contributed by atoms with Gasteiger partial charge < -0.3 is 0 Å². The van der Waals surface area contributed by atoms with Gasteiger partial charge in [0.05, 0.1) is 0 Å². The van der Waals surface area contributed by atoms with Crippen molar-refractivity contribution >= 4 is 5.78 Å². The van der Waals surface area contributed by atoms with Gasteiger partial charge in [-0.05, 0) is 43.6 Å². The summed E-state index contributed by atoms with van der Waals surface area (Å²) < 4.78 is 0. The molecule has 1 heteroatoms. The van der Waals surface area contributed by atoms with E-state index >= 15 is 0 Å². The van der Waals surface area contributed by atoms with Crippen LogP contribution in [0.3, 0.4) is 0 Å². The Morgan fingerprint density at radius 3 is 2.87 bits per heavy atom. The second-order valence-corrected chi connectivity index (χ2v) is 5.18. The molecule has 0 amide bonds.